The first-order valence-corrected chi connectivity index (χ1v) is 7.57. The summed E-state index contributed by atoms with van der Waals surface area (Å²) in [7, 11) is 0. The van der Waals surface area contributed by atoms with Gasteiger partial charge in [-0.3, -0.25) is 0 Å². The van der Waals surface area contributed by atoms with Gasteiger partial charge in [-0.05, 0) is 43.2 Å². The van der Waals surface area contributed by atoms with E-state index in [1.165, 1.54) is 44.9 Å². The van der Waals surface area contributed by atoms with Crippen LogP contribution < -0.4 is 5.32 Å². The minimum atomic E-state index is 0.575. The van der Waals surface area contributed by atoms with Gasteiger partial charge in [0.15, 0.2) is 0 Å². The minimum absolute atomic E-state index is 0.575. The molecule has 0 bridgehead atoms. The summed E-state index contributed by atoms with van der Waals surface area (Å²) in [6.07, 6.45) is 11.6. The molecule has 0 saturated heterocycles. The third-order valence-corrected chi connectivity index (χ3v) is 4.84. The third-order valence-electron chi connectivity index (χ3n) is 4.64. The van der Waals surface area contributed by atoms with Crippen molar-refractivity contribution in [1.82, 2.24) is 4.98 Å². The Morgan fingerprint density at radius 2 is 1.94 bits per heavy atom. The van der Waals surface area contributed by atoms with Gasteiger partial charge in [-0.15, -0.1) is 0 Å². The summed E-state index contributed by atoms with van der Waals surface area (Å²) >= 11 is 5.92. The second kappa shape index (κ2) is 5.48. The number of pyridine rings is 1. The van der Waals surface area contributed by atoms with Crippen molar-refractivity contribution in [1.29, 1.82) is 0 Å². The van der Waals surface area contributed by atoms with Gasteiger partial charge < -0.3 is 5.32 Å². The number of halogens is 1. The molecule has 0 radical (unpaired) electrons. The smallest absolute Gasteiger partial charge is 0.131 e. The quantitative estimate of drug-likeness (QED) is 0.795. The fourth-order valence-corrected chi connectivity index (χ4v) is 3.91. The first-order valence-electron chi connectivity index (χ1n) is 7.19. The van der Waals surface area contributed by atoms with E-state index in [9.17, 15) is 0 Å². The Labute approximate surface area is 114 Å². The second-order valence-electron chi connectivity index (χ2n) is 5.83. The highest BCUT2D eigenvalue weighted by atomic mass is 35.5. The zero-order valence-corrected chi connectivity index (χ0v) is 11.5. The van der Waals surface area contributed by atoms with Crippen LogP contribution >= 0.6 is 11.6 Å². The Bertz CT molecular complexity index is 407. The van der Waals surface area contributed by atoms with Crippen molar-refractivity contribution in [3.8, 4) is 0 Å². The SMILES string of the molecule is Clc1cc(NC2CCC3CCCCC3C2)ccn1. The molecule has 1 heterocycles. The number of rotatable bonds is 2. The number of nitrogens with one attached hydrogen (secondary N) is 1. The summed E-state index contributed by atoms with van der Waals surface area (Å²) < 4.78 is 0. The molecular weight excluding hydrogens is 244 g/mol. The molecule has 2 aliphatic rings. The van der Waals surface area contributed by atoms with Crippen LogP contribution in [-0.2, 0) is 0 Å². The molecule has 2 nitrogen and oxygen atoms in total. The van der Waals surface area contributed by atoms with Gasteiger partial charge in [0.05, 0.1) is 0 Å². The fourth-order valence-electron chi connectivity index (χ4n) is 3.73. The highest BCUT2D eigenvalue weighted by molar-refractivity contribution is 6.29. The van der Waals surface area contributed by atoms with E-state index in [0.29, 0.717) is 11.2 Å². The maximum Gasteiger partial charge on any atom is 0.131 e. The van der Waals surface area contributed by atoms with Crippen molar-refractivity contribution in [2.24, 2.45) is 11.8 Å². The van der Waals surface area contributed by atoms with E-state index >= 15 is 0 Å². The number of anilines is 1. The highest BCUT2D eigenvalue weighted by Gasteiger charge is 2.31. The topological polar surface area (TPSA) is 24.9 Å². The Morgan fingerprint density at radius 3 is 2.78 bits per heavy atom. The van der Waals surface area contributed by atoms with Crippen LogP contribution in [0.3, 0.4) is 0 Å². The lowest BCUT2D eigenvalue weighted by molar-refractivity contribution is 0.162. The summed E-state index contributed by atoms with van der Waals surface area (Å²) in [6.45, 7) is 0. The molecule has 3 rings (SSSR count). The van der Waals surface area contributed by atoms with E-state index in [-0.39, 0.29) is 0 Å². The lowest BCUT2D eigenvalue weighted by Gasteiger charge is -2.39. The first kappa shape index (κ1) is 12.3. The predicted octanol–water partition coefficient (Wildman–Crippen LogP) is 4.51. The molecule has 1 aromatic rings. The molecule has 3 atom stereocenters. The lowest BCUT2D eigenvalue weighted by Crippen LogP contribution is -2.34. The molecule has 2 aliphatic carbocycles. The van der Waals surface area contributed by atoms with Gasteiger partial charge in [-0.2, -0.15) is 0 Å². The molecule has 98 valence electrons. The predicted molar refractivity (Wildman–Crippen MR) is 76.0 cm³/mol. The Balaban J connectivity index is 1.61. The van der Waals surface area contributed by atoms with E-state index in [2.05, 4.69) is 10.3 Å². The van der Waals surface area contributed by atoms with Crippen LogP contribution in [0.2, 0.25) is 5.15 Å². The van der Waals surface area contributed by atoms with Crippen molar-refractivity contribution in [2.75, 3.05) is 5.32 Å². The molecule has 3 heteroatoms. The average molecular weight is 265 g/mol. The standard InChI is InChI=1S/C15H21ClN2/c16-15-10-14(7-8-17-15)18-13-6-5-11-3-1-2-4-12(11)9-13/h7-8,10-13H,1-6,9H2,(H,17,18). The van der Waals surface area contributed by atoms with Gasteiger partial charge in [0.1, 0.15) is 5.15 Å². The van der Waals surface area contributed by atoms with Crippen molar-refractivity contribution >= 4 is 17.3 Å². The summed E-state index contributed by atoms with van der Waals surface area (Å²) in [5.74, 6) is 1.97. The highest BCUT2D eigenvalue weighted by Crippen LogP contribution is 2.41. The zero-order valence-electron chi connectivity index (χ0n) is 10.7. The van der Waals surface area contributed by atoms with E-state index in [1.54, 1.807) is 6.20 Å². The molecular formula is C15H21ClN2. The lowest BCUT2D eigenvalue weighted by atomic mass is 9.69. The third kappa shape index (κ3) is 2.80. The molecule has 0 aliphatic heterocycles. The molecule has 1 N–H and O–H groups in total. The van der Waals surface area contributed by atoms with Gasteiger partial charge in [-0.25, -0.2) is 4.98 Å². The van der Waals surface area contributed by atoms with Crippen molar-refractivity contribution < 1.29 is 0 Å². The summed E-state index contributed by atoms with van der Waals surface area (Å²) in [5.41, 5.74) is 1.12. The molecule has 3 unspecified atom stereocenters. The maximum atomic E-state index is 5.92. The number of hydrogen-bond acceptors (Lipinski definition) is 2. The Morgan fingerprint density at radius 1 is 1.11 bits per heavy atom. The van der Waals surface area contributed by atoms with Crippen LogP contribution in [0.15, 0.2) is 18.3 Å². The first-order chi connectivity index (χ1) is 8.81. The van der Waals surface area contributed by atoms with Gasteiger partial charge in [0, 0.05) is 17.9 Å². The normalized spacial score (nSPS) is 31.7. The van der Waals surface area contributed by atoms with Gasteiger partial charge in [0.2, 0.25) is 0 Å². The minimum Gasteiger partial charge on any atom is -0.382 e. The molecule has 2 fully saturated rings. The van der Waals surface area contributed by atoms with Gasteiger partial charge in [0.25, 0.3) is 0 Å². The Kier molecular flexibility index (Phi) is 3.74. The van der Waals surface area contributed by atoms with Crippen LogP contribution in [0.5, 0.6) is 0 Å². The second-order valence-corrected chi connectivity index (χ2v) is 6.21. The number of fused-ring (bicyclic) bond motifs is 1. The molecule has 1 aromatic heterocycles. The van der Waals surface area contributed by atoms with Crippen LogP contribution in [0.4, 0.5) is 5.69 Å². The van der Waals surface area contributed by atoms with Crippen molar-refractivity contribution in [3.63, 3.8) is 0 Å². The van der Waals surface area contributed by atoms with Crippen LogP contribution in [0.25, 0.3) is 0 Å². The van der Waals surface area contributed by atoms with Crippen LogP contribution in [-0.4, -0.2) is 11.0 Å². The van der Waals surface area contributed by atoms with Crippen LogP contribution in [0.1, 0.15) is 44.9 Å². The van der Waals surface area contributed by atoms with E-state index in [0.717, 1.165) is 17.5 Å². The fraction of sp³-hybridized carbons (Fsp3) is 0.667. The van der Waals surface area contributed by atoms with Gasteiger partial charge in [-0.1, -0.05) is 37.3 Å². The molecule has 0 aromatic carbocycles. The summed E-state index contributed by atoms with van der Waals surface area (Å²) in [4.78, 5) is 4.02. The molecule has 2 saturated carbocycles. The van der Waals surface area contributed by atoms with E-state index in [4.69, 9.17) is 11.6 Å². The Hall–Kier alpha value is -0.760. The molecule has 0 spiro atoms. The zero-order chi connectivity index (χ0) is 12.4. The van der Waals surface area contributed by atoms with Crippen LogP contribution in [0, 0.1) is 11.8 Å². The average Bonchev–Trinajstić information content (AvgIpc) is 2.39. The van der Waals surface area contributed by atoms with Crippen molar-refractivity contribution in [2.45, 2.75) is 51.0 Å². The molecule has 18 heavy (non-hydrogen) atoms. The van der Waals surface area contributed by atoms with Gasteiger partial charge >= 0.3 is 0 Å². The van der Waals surface area contributed by atoms with E-state index in [1.807, 2.05) is 12.1 Å². The van der Waals surface area contributed by atoms with E-state index < -0.39 is 0 Å². The van der Waals surface area contributed by atoms with Crippen molar-refractivity contribution in [3.05, 3.63) is 23.5 Å². The number of nitrogens with zero attached hydrogens (tertiary/aromatic N) is 1. The summed E-state index contributed by atoms with van der Waals surface area (Å²) in [6, 6.07) is 4.57. The number of aromatic nitrogens is 1. The maximum absolute atomic E-state index is 5.92. The monoisotopic (exact) mass is 264 g/mol. The summed E-state index contributed by atoms with van der Waals surface area (Å²) in [5, 5.41) is 4.21. The largest absolute Gasteiger partial charge is 0.382 e. The molecule has 0 amide bonds. The number of hydrogen-bond donors (Lipinski definition) is 1.